The smallest absolute Gasteiger partial charge is 0.222 e. The van der Waals surface area contributed by atoms with Gasteiger partial charge < -0.3 is 10.5 Å². The zero-order valence-electron chi connectivity index (χ0n) is 13.1. The molecule has 1 unspecified atom stereocenters. The molecular formula is C18H24N2O. The summed E-state index contributed by atoms with van der Waals surface area (Å²) in [6.07, 6.45) is 4.64. The van der Waals surface area contributed by atoms with E-state index < -0.39 is 0 Å². The Bertz CT molecular complexity index is 596. The van der Waals surface area contributed by atoms with Crippen LogP contribution in [-0.2, 0) is 12.8 Å². The molecule has 0 saturated carbocycles. The summed E-state index contributed by atoms with van der Waals surface area (Å²) >= 11 is 0. The van der Waals surface area contributed by atoms with E-state index in [1.54, 1.807) is 0 Å². The number of nitrogens with two attached hydrogens (primary N) is 1. The molecule has 0 aliphatic rings. The molecule has 2 rings (SSSR count). The van der Waals surface area contributed by atoms with Gasteiger partial charge in [0.25, 0.3) is 0 Å². The highest BCUT2D eigenvalue weighted by Gasteiger charge is 2.09. The molecule has 3 heteroatoms. The van der Waals surface area contributed by atoms with Gasteiger partial charge in [-0.25, -0.2) is 4.98 Å². The number of benzene rings is 1. The normalized spacial score (nSPS) is 12.2. The Kier molecular flexibility index (Phi) is 5.34. The standard InChI is InChI=1S/C18H24N2O/c1-4-15-8-6-7-9-17(15)21-18-13(3)10-14(12-20-18)11-16(19)5-2/h6-10,12,16H,4-5,11,19H2,1-3H3. The van der Waals surface area contributed by atoms with Gasteiger partial charge in [0.05, 0.1) is 0 Å². The van der Waals surface area contributed by atoms with Gasteiger partial charge in [0, 0.05) is 17.8 Å². The lowest BCUT2D eigenvalue weighted by atomic mass is 10.1. The summed E-state index contributed by atoms with van der Waals surface area (Å²) in [5.74, 6) is 1.55. The first kappa shape index (κ1) is 15.5. The minimum atomic E-state index is 0.193. The maximum Gasteiger partial charge on any atom is 0.222 e. The fraction of sp³-hybridized carbons (Fsp3) is 0.389. The van der Waals surface area contributed by atoms with Gasteiger partial charge in [-0.3, -0.25) is 0 Å². The lowest BCUT2D eigenvalue weighted by molar-refractivity contribution is 0.453. The molecular weight excluding hydrogens is 260 g/mol. The topological polar surface area (TPSA) is 48.1 Å². The Labute approximate surface area is 127 Å². The van der Waals surface area contributed by atoms with Gasteiger partial charge in [-0.2, -0.15) is 0 Å². The molecule has 0 aliphatic heterocycles. The van der Waals surface area contributed by atoms with E-state index in [0.717, 1.165) is 36.1 Å². The molecule has 0 bridgehead atoms. The van der Waals surface area contributed by atoms with Gasteiger partial charge >= 0.3 is 0 Å². The maximum absolute atomic E-state index is 6.00. The molecule has 112 valence electrons. The minimum absolute atomic E-state index is 0.193. The summed E-state index contributed by atoms with van der Waals surface area (Å²) in [5.41, 5.74) is 9.39. The number of hydrogen-bond acceptors (Lipinski definition) is 3. The predicted octanol–water partition coefficient (Wildman–Crippen LogP) is 4.02. The highest BCUT2D eigenvalue weighted by Crippen LogP contribution is 2.27. The fourth-order valence-electron chi connectivity index (χ4n) is 2.29. The Balaban J connectivity index is 2.17. The number of aryl methyl sites for hydroxylation is 2. The second-order valence-corrected chi connectivity index (χ2v) is 5.40. The summed E-state index contributed by atoms with van der Waals surface area (Å²) in [7, 11) is 0. The first-order valence-electron chi connectivity index (χ1n) is 7.60. The molecule has 0 aliphatic carbocycles. The minimum Gasteiger partial charge on any atom is -0.438 e. The van der Waals surface area contributed by atoms with Crippen molar-refractivity contribution in [2.24, 2.45) is 5.73 Å². The van der Waals surface area contributed by atoms with Gasteiger partial charge in [-0.1, -0.05) is 32.0 Å². The van der Waals surface area contributed by atoms with Crippen LogP contribution in [0.4, 0.5) is 0 Å². The van der Waals surface area contributed by atoms with Gasteiger partial charge in [0.1, 0.15) is 5.75 Å². The van der Waals surface area contributed by atoms with Crippen molar-refractivity contribution in [2.75, 3.05) is 0 Å². The van der Waals surface area contributed by atoms with Gasteiger partial charge in [-0.15, -0.1) is 0 Å². The summed E-state index contributed by atoms with van der Waals surface area (Å²) < 4.78 is 5.98. The lowest BCUT2D eigenvalue weighted by Crippen LogP contribution is -2.21. The SMILES string of the molecule is CCc1ccccc1Oc1ncc(CC(N)CC)cc1C. The number of nitrogens with zero attached hydrogens (tertiary/aromatic N) is 1. The summed E-state index contributed by atoms with van der Waals surface area (Å²) in [6.45, 7) is 6.25. The summed E-state index contributed by atoms with van der Waals surface area (Å²) in [5, 5.41) is 0. The second-order valence-electron chi connectivity index (χ2n) is 5.40. The van der Waals surface area contributed by atoms with Crippen LogP contribution in [-0.4, -0.2) is 11.0 Å². The quantitative estimate of drug-likeness (QED) is 0.871. The summed E-state index contributed by atoms with van der Waals surface area (Å²) in [6, 6.07) is 10.4. The largest absolute Gasteiger partial charge is 0.438 e. The van der Waals surface area contributed by atoms with Crippen molar-refractivity contribution in [3.8, 4) is 11.6 Å². The number of hydrogen-bond donors (Lipinski definition) is 1. The van der Waals surface area contributed by atoms with E-state index in [9.17, 15) is 0 Å². The van der Waals surface area contributed by atoms with Crippen molar-refractivity contribution in [3.63, 3.8) is 0 Å². The molecule has 2 aromatic rings. The van der Waals surface area contributed by atoms with Crippen LogP contribution >= 0.6 is 0 Å². The molecule has 1 aromatic heterocycles. The number of para-hydroxylation sites is 1. The fourth-order valence-corrected chi connectivity index (χ4v) is 2.29. The van der Waals surface area contributed by atoms with Crippen LogP contribution in [0.5, 0.6) is 11.6 Å². The van der Waals surface area contributed by atoms with E-state index in [0.29, 0.717) is 5.88 Å². The van der Waals surface area contributed by atoms with Crippen LogP contribution in [0.3, 0.4) is 0 Å². The van der Waals surface area contributed by atoms with E-state index >= 15 is 0 Å². The molecule has 0 amide bonds. The molecule has 2 N–H and O–H groups in total. The van der Waals surface area contributed by atoms with Crippen LogP contribution in [0.2, 0.25) is 0 Å². The Morgan fingerprint density at radius 2 is 2.00 bits per heavy atom. The molecule has 0 saturated heterocycles. The van der Waals surface area contributed by atoms with E-state index in [4.69, 9.17) is 10.5 Å². The first-order chi connectivity index (χ1) is 10.1. The molecule has 0 radical (unpaired) electrons. The molecule has 3 nitrogen and oxygen atoms in total. The van der Waals surface area contributed by atoms with E-state index in [1.807, 2.05) is 31.3 Å². The highest BCUT2D eigenvalue weighted by atomic mass is 16.5. The van der Waals surface area contributed by atoms with Crippen LogP contribution in [0.1, 0.15) is 37.0 Å². The zero-order valence-corrected chi connectivity index (χ0v) is 13.1. The molecule has 1 atom stereocenters. The third kappa shape index (κ3) is 4.05. The van der Waals surface area contributed by atoms with Gasteiger partial charge in [0.2, 0.25) is 5.88 Å². The molecule has 0 spiro atoms. The van der Waals surface area contributed by atoms with Crippen molar-refractivity contribution < 1.29 is 4.74 Å². The van der Waals surface area contributed by atoms with E-state index in [-0.39, 0.29) is 6.04 Å². The average molecular weight is 284 g/mol. The number of aromatic nitrogens is 1. The van der Waals surface area contributed by atoms with Gasteiger partial charge in [-0.05, 0) is 49.4 Å². The monoisotopic (exact) mass is 284 g/mol. The van der Waals surface area contributed by atoms with Crippen molar-refractivity contribution in [3.05, 3.63) is 53.2 Å². The lowest BCUT2D eigenvalue weighted by Gasteiger charge is -2.13. The second kappa shape index (κ2) is 7.23. The number of rotatable bonds is 6. The van der Waals surface area contributed by atoms with Crippen molar-refractivity contribution in [1.29, 1.82) is 0 Å². The van der Waals surface area contributed by atoms with Crippen molar-refractivity contribution in [2.45, 2.75) is 46.1 Å². The van der Waals surface area contributed by atoms with E-state index in [2.05, 4.69) is 31.0 Å². The van der Waals surface area contributed by atoms with Crippen molar-refractivity contribution >= 4 is 0 Å². The Morgan fingerprint density at radius 3 is 2.67 bits per heavy atom. The first-order valence-corrected chi connectivity index (χ1v) is 7.60. The van der Waals surface area contributed by atoms with Gasteiger partial charge in [0.15, 0.2) is 0 Å². The predicted molar refractivity (Wildman–Crippen MR) is 86.8 cm³/mol. The number of pyridine rings is 1. The zero-order chi connectivity index (χ0) is 15.2. The van der Waals surface area contributed by atoms with E-state index in [1.165, 1.54) is 5.56 Å². The third-order valence-electron chi connectivity index (χ3n) is 3.67. The molecule has 0 fully saturated rings. The van der Waals surface area contributed by atoms with Crippen LogP contribution in [0.25, 0.3) is 0 Å². The van der Waals surface area contributed by atoms with Crippen LogP contribution < -0.4 is 10.5 Å². The summed E-state index contributed by atoms with van der Waals surface area (Å²) in [4.78, 5) is 4.46. The maximum atomic E-state index is 6.00. The molecule has 21 heavy (non-hydrogen) atoms. The van der Waals surface area contributed by atoms with Crippen molar-refractivity contribution in [1.82, 2.24) is 4.98 Å². The Hall–Kier alpha value is -1.87. The molecule has 1 aromatic carbocycles. The van der Waals surface area contributed by atoms with Crippen LogP contribution in [0.15, 0.2) is 36.5 Å². The third-order valence-corrected chi connectivity index (χ3v) is 3.67. The highest BCUT2D eigenvalue weighted by molar-refractivity contribution is 5.38. The average Bonchev–Trinajstić information content (AvgIpc) is 2.50. The Morgan fingerprint density at radius 1 is 1.24 bits per heavy atom. The molecule has 1 heterocycles. The number of ether oxygens (including phenoxy) is 1. The van der Waals surface area contributed by atoms with Crippen LogP contribution in [0, 0.1) is 6.92 Å².